The predicted octanol–water partition coefficient (Wildman–Crippen LogP) is 3.23. The van der Waals surface area contributed by atoms with Crippen LogP contribution in [-0.2, 0) is 32.7 Å². The van der Waals surface area contributed by atoms with Crippen LogP contribution in [0.4, 0.5) is 0 Å². The van der Waals surface area contributed by atoms with Crippen molar-refractivity contribution in [2.45, 2.75) is 51.0 Å². The molecule has 49 heavy (non-hydrogen) atoms. The van der Waals surface area contributed by atoms with E-state index >= 15 is 0 Å². The van der Waals surface area contributed by atoms with Crippen molar-refractivity contribution in [3.8, 4) is 17.0 Å². The number of carbonyl (C=O) groups excluding carboxylic acids is 2. The third-order valence-corrected chi connectivity index (χ3v) is 11.7. The Morgan fingerprint density at radius 2 is 1.76 bits per heavy atom. The van der Waals surface area contributed by atoms with E-state index in [-0.39, 0.29) is 24.0 Å². The number of hydrogen-bond acceptors (Lipinski definition) is 8. The van der Waals surface area contributed by atoms with Crippen LogP contribution in [0, 0.1) is 5.92 Å². The summed E-state index contributed by atoms with van der Waals surface area (Å²) in [5.74, 6) is 0.124. The molecule has 1 saturated heterocycles. The van der Waals surface area contributed by atoms with Crippen LogP contribution in [0.3, 0.4) is 0 Å². The van der Waals surface area contributed by atoms with Gasteiger partial charge in [-0.15, -0.1) is 0 Å². The van der Waals surface area contributed by atoms with Gasteiger partial charge in [-0.1, -0.05) is 25.3 Å². The molecule has 3 aliphatic rings. The minimum atomic E-state index is -3.98. The van der Waals surface area contributed by atoms with Gasteiger partial charge in [-0.25, -0.2) is 4.72 Å². The highest BCUT2D eigenvalue weighted by Crippen LogP contribution is 2.47. The number of methoxy groups -OCH3 is 1. The molecule has 2 N–H and O–H groups in total. The smallest absolute Gasteiger partial charge is 0.303 e. The fourth-order valence-electron chi connectivity index (χ4n) is 7.69. The first-order valence-corrected chi connectivity index (χ1v) is 18.8. The molecule has 0 radical (unpaired) electrons. The zero-order valence-corrected chi connectivity index (χ0v) is 29.6. The molecule has 2 aromatic carbocycles. The molecule has 3 aromatic rings. The maximum atomic E-state index is 14.4. The molecule has 0 spiro atoms. The summed E-state index contributed by atoms with van der Waals surface area (Å²) in [6.45, 7) is 4.82. The molecule has 3 heterocycles. The molecule has 1 aromatic heterocycles. The molecular formula is C36H49N5O7S. The van der Waals surface area contributed by atoms with Crippen LogP contribution in [0.1, 0.15) is 59.5 Å². The number of benzene rings is 2. The number of aliphatic hydroxyl groups is 1. The molecule has 2 fully saturated rings. The lowest BCUT2D eigenvalue weighted by Crippen LogP contribution is -2.51. The van der Waals surface area contributed by atoms with E-state index in [1.165, 1.54) is 26.1 Å². The quantitative estimate of drug-likeness (QED) is 0.293. The average Bonchev–Trinajstić information content (AvgIpc) is 3.32. The van der Waals surface area contributed by atoms with Crippen LogP contribution >= 0.6 is 0 Å². The maximum absolute atomic E-state index is 14.4. The van der Waals surface area contributed by atoms with Gasteiger partial charge in [-0.2, -0.15) is 12.7 Å². The van der Waals surface area contributed by atoms with E-state index in [9.17, 15) is 18.0 Å². The van der Waals surface area contributed by atoms with Crippen LogP contribution in [-0.4, -0.2) is 118 Å². The van der Waals surface area contributed by atoms with Crippen LogP contribution < -0.4 is 9.46 Å². The molecule has 1 aliphatic carbocycles. The summed E-state index contributed by atoms with van der Waals surface area (Å²) in [6, 6.07) is 11.6. The second kappa shape index (κ2) is 15.2. The number of piperazine rings is 1. The van der Waals surface area contributed by atoms with E-state index in [1.54, 1.807) is 19.2 Å². The predicted molar refractivity (Wildman–Crippen MR) is 188 cm³/mol. The van der Waals surface area contributed by atoms with Crippen molar-refractivity contribution in [3.05, 3.63) is 53.1 Å². The molecule has 2 aliphatic heterocycles. The van der Waals surface area contributed by atoms with Crippen LogP contribution in [0.15, 0.2) is 36.4 Å². The third-order valence-electron chi connectivity index (χ3n) is 10.3. The molecule has 266 valence electrons. The lowest BCUT2D eigenvalue weighted by Gasteiger charge is -2.36. The number of fused-ring (bicyclic) bond motifs is 5. The first-order valence-electron chi connectivity index (χ1n) is 17.4. The monoisotopic (exact) mass is 695 g/mol. The minimum Gasteiger partial charge on any atom is -0.497 e. The Bertz CT molecular complexity index is 1780. The SMILES string of the molecule is COc1ccc2c(c1)CC(C(=O)N1CCN(CCOCCO)CC1)Cn1c-2c(C2CCCCC2)c2ccc(C(=O)NS(=O)(=O)N(C)C)cc21. The van der Waals surface area contributed by atoms with Crippen molar-refractivity contribution in [3.63, 3.8) is 0 Å². The first kappa shape index (κ1) is 35.3. The van der Waals surface area contributed by atoms with Crippen LogP contribution in [0.5, 0.6) is 5.75 Å². The van der Waals surface area contributed by atoms with Gasteiger partial charge < -0.3 is 24.0 Å². The number of hydrogen-bond donors (Lipinski definition) is 2. The minimum absolute atomic E-state index is 0.00604. The number of ether oxygens (including phenoxy) is 2. The van der Waals surface area contributed by atoms with Gasteiger partial charge in [0, 0.05) is 75.4 Å². The van der Waals surface area contributed by atoms with E-state index in [2.05, 4.69) is 26.3 Å². The summed E-state index contributed by atoms with van der Waals surface area (Å²) in [5, 5.41) is 10.0. The second-order valence-electron chi connectivity index (χ2n) is 13.6. The van der Waals surface area contributed by atoms with Crippen molar-refractivity contribution in [1.82, 2.24) is 23.4 Å². The molecule has 1 unspecified atom stereocenters. The van der Waals surface area contributed by atoms with Crippen LogP contribution in [0.25, 0.3) is 22.2 Å². The second-order valence-corrected chi connectivity index (χ2v) is 15.5. The number of amides is 2. The average molecular weight is 696 g/mol. The summed E-state index contributed by atoms with van der Waals surface area (Å²) in [4.78, 5) is 32.0. The Morgan fingerprint density at radius 1 is 1.00 bits per heavy atom. The Kier molecular flexibility index (Phi) is 10.9. The van der Waals surface area contributed by atoms with Gasteiger partial charge in [0.15, 0.2) is 0 Å². The van der Waals surface area contributed by atoms with E-state index in [0.29, 0.717) is 45.2 Å². The number of aliphatic hydroxyl groups excluding tert-OH is 1. The standard InChI is InChI=1S/C36H49N5O7S/c1-38(2)49(45,46)37-35(43)26-9-11-31-32(23-26)41-24-28(36(44)40-15-13-39(14-16-40)17-19-48-20-18-42)21-27-22-29(47-3)10-12-30(27)34(41)33(31)25-7-5-4-6-8-25/h9-12,22-23,25,28,42H,4-8,13-21,24H2,1-3H3,(H,37,43). The Balaban J connectivity index is 1.40. The third kappa shape index (κ3) is 7.51. The number of rotatable bonds is 11. The van der Waals surface area contributed by atoms with E-state index in [4.69, 9.17) is 14.6 Å². The van der Waals surface area contributed by atoms with Gasteiger partial charge in [0.25, 0.3) is 5.91 Å². The molecular weight excluding hydrogens is 646 g/mol. The van der Waals surface area contributed by atoms with E-state index in [0.717, 1.165) is 83.1 Å². The summed E-state index contributed by atoms with van der Waals surface area (Å²) in [5.41, 5.74) is 5.54. The number of nitrogens with zero attached hydrogens (tertiary/aromatic N) is 4. The zero-order valence-electron chi connectivity index (χ0n) is 28.8. The van der Waals surface area contributed by atoms with E-state index in [1.807, 2.05) is 17.0 Å². The van der Waals surface area contributed by atoms with Crippen molar-refractivity contribution in [1.29, 1.82) is 0 Å². The highest BCUT2D eigenvalue weighted by atomic mass is 32.2. The van der Waals surface area contributed by atoms with E-state index < -0.39 is 16.1 Å². The van der Waals surface area contributed by atoms with Gasteiger partial charge >= 0.3 is 10.2 Å². The van der Waals surface area contributed by atoms with Gasteiger partial charge in [0.1, 0.15) is 5.75 Å². The molecule has 6 rings (SSSR count). The molecule has 12 nitrogen and oxygen atoms in total. The Morgan fingerprint density at radius 3 is 2.45 bits per heavy atom. The first-order chi connectivity index (χ1) is 23.6. The summed E-state index contributed by atoms with van der Waals surface area (Å²) in [6.07, 6.45) is 6.19. The number of aromatic nitrogens is 1. The fourth-order valence-corrected chi connectivity index (χ4v) is 8.23. The molecule has 13 heteroatoms. The van der Waals surface area contributed by atoms with Crippen molar-refractivity contribution in [2.24, 2.45) is 5.92 Å². The molecule has 2 amide bonds. The maximum Gasteiger partial charge on any atom is 0.303 e. The topological polar surface area (TPSA) is 134 Å². The van der Waals surface area contributed by atoms with Crippen molar-refractivity contribution < 1.29 is 32.6 Å². The highest BCUT2D eigenvalue weighted by Gasteiger charge is 2.35. The summed E-state index contributed by atoms with van der Waals surface area (Å²) < 4.78 is 41.6. The fraction of sp³-hybridized carbons (Fsp3) is 0.556. The Labute approximate surface area is 289 Å². The van der Waals surface area contributed by atoms with Gasteiger partial charge in [-0.05, 0) is 66.6 Å². The highest BCUT2D eigenvalue weighted by molar-refractivity contribution is 7.87. The molecule has 1 saturated carbocycles. The largest absolute Gasteiger partial charge is 0.497 e. The summed E-state index contributed by atoms with van der Waals surface area (Å²) in [7, 11) is 0.424. The lowest BCUT2D eigenvalue weighted by atomic mass is 9.81. The number of nitrogens with one attached hydrogen (secondary N) is 1. The summed E-state index contributed by atoms with van der Waals surface area (Å²) >= 11 is 0. The zero-order chi connectivity index (χ0) is 34.7. The van der Waals surface area contributed by atoms with Gasteiger partial charge in [0.2, 0.25) is 5.91 Å². The lowest BCUT2D eigenvalue weighted by molar-refractivity contribution is -0.137. The normalized spacial score (nSPS) is 19.0. The number of carbonyl (C=O) groups is 2. The Hall–Kier alpha value is -3.49. The molecule has 1 atom stereocenters. The molecule has 0 bridgehead atoms. The van der Waals surface area contributed by atoms with Crippen LogP contribution in [0.2, 0.25) is 0 Å². The van der Waals surface area contributed by atoms with Crippen molar-refractivity contribution >= 4 is 32.9 Å². The van der Waals surface area contributed by atoms with Crippen molar-refractivity contribution in [2.75, 3.05) is 73.7 Å². The van der Waals surface area contributed by atoms with Gasteiger partial charge in [0.05, 0.1) is 38.5 Å². The van der Waals surface area contributed by atoms with Gasteiger partial charge in [-0.3, -0.25) is 14.5 Å².